The van der Waals surface area contributed by atoms with Gasteiger partial charge in [0.25, 0.3) is 0 Å². The molecule has 0 aliphatic heterocycles. The molecule has 1 unspecified atom stereocenters. The van der Waals surface area contributed by atoms with Crippen molar-refractivity contribution in [3.63, 3.8) is 0 Å². The lowest BCUT2D eigenvalue weighted by molar-refractivity contribution is -0.132. The highest BCUT2D eigenvalue weighted by atomic mass is 35.5. The number of nitrogens with zero attached hydrogens (tertiary/aromatic N) is 1. The molecule has 1 amide bonds. The Bertz CT molecular complexity index is 548. The summed E-state index contributed by atoms with van der Waals surface area (Å²) < 4.78 is 5.33. The quantitative estimate of drug-likeness (QED) is 0.831. The monoisotopic (exact) mass is 291 g/mol. The van der Waals surface area contributed by atoms with E-state index in [1.165, 1.54) is 0 Å². The molecular formula is C16H18ClNO2. The van der Waals surface area contributed by atoms with Gasteiger partial charge in [-0.05, 0) is 43.2 Å². The van der Waals surface area contributed by atoms with Crippen molar-refractivity contribution in [3.05, 3.63) is 59.0 Å². The second kappa shape index (κ2) is 6.62. The fourth-order valence-corrected chi connectivity index (χ4v) is 2.14. The van der Waals surface area contributed by atoms with Crippen LogP contribution < -0.4 is 0 Å². The zero-order valence-electron chi connectivity index (χ0n) is 11.7. The van der Waals surface area contributed by atoms with E-state index in [4.69, 9.17) is 16.0 Å². The van der Waals surface area contributed by atoms with Crippen molar-refractivity contribution in [2.24, 2.45) is 0 Å². The van der Waals surface area contributed by atoms with Crippen molar-refractivity contribution in [3.8, 4) is 0 Å². The third-order valence-electron chi connectivity index (χ3n) is 3.47. The molecule has 0 aliphatic rings. The standard InChI is InChI=1S/C16H18ClNO2/c1-12(15-4-3-11-20-15)18(2)16(19)10-7-13-5-8-14(17)9-6-13/h3-6,8-9,11-12H,7,10H2,1-2H3. The van der Waals surface area contributed by atoms with Gasteiger partial charge < -0.3 is 9.32 Å². The van der Waals surface area contributed by atoms with Crippen LogP contribution in [0.1, 0.15) is 30.7 Å². The first-order chi connectivity index (χ1) is 9.58. The Balaban J connectivity index is 1.89. The highest BCUT2D eigenvalue weighted by molar-refractivity contribution is 6.30. The van der Waals surface area contributed by atoms with Crippen molar-refractivity contribution in [2.45, 2.75) is 25.8 Å². The molecule has 0 radical (unpaired) electrons. The molecule has 2 rings (SSSR count). The van der Waals surface area contributed by atoms with Crippen molar-refractivity contribution in [2.75, 3.05) is 7.05 Å². The molecule has 3 nitrogen and oxygen atoms in total. The molecule has 1 aromatic carbocycles. The lowest BCUT2D eigenvalue weighted by Crippen LogP contribution is -2.29. The van der Waals surface area contributed by atoms with Crippen LogP contribution in [0.4, 0.5) is 0 Å². The maximum absolute atomic E-state index is 12.2. The predicted molar refractivity (Wildman–Crippen MR) is 79.7 cm³/mol. The number of hydrogen-bond donors (Lipinski definition) is 0. The first-order valence-electron chi connectivity index (χ1n) is 6.61. The SMILES string of the molecule is CC(c1ccco1)N(C)C(=O)CCc1ccc(Cl)cc1. The van der Waals surface area contributed by atoms with Gasteiger partial charge in [0, 0.05) is 18.5 Å². The average Bonchev–Trinajstić information content (AvgIpc) is 2.99. The van der Waals surface area contributed by atoms with E-state index >= 15 is 0 Å². The number of rotatable bonds is 5. The third-order valence-corrected chi connectivity index (χ3v) is 3.72. The molecule has 1 atom stereocenters. The van der Waals surface area contributed by atoms with Gasteiger partial charge in [-0.3, -0.25) is 4.79 Å². The topological polar surface area (TPSA) is 33.5 Å². The van der Waals surface area contributed by atoms with E-state index in [2.05, 4.69) is 0 Å². The molecule has 0 bridgehead atoms. The van der Waals surface area contributed by atoms with Crippen LogP contribution in [0.5, 0.6) is 0 Å². The van der Waals surface area contributed by atoms with Gasteiger partial charge in [0.05, 0.1) is 12.3 Å². The number of amides is 1. The summed E-state index contributed by atoms with van der Waals surface area (Å²) in [6, 6.07) is 11.2. The van der Waals surface area contributed by atoms with Gasteiger partial charge in [0.15, 0.2) is 0 Å². The van der Waals surface area contributed by atoms with E-state index in [9.17, 15) is 4.79 Å². The molecule has 1 heterocycles. The van der Waals surface area contributed by atoms with Crippen LogP contribution >= 0.6 is 11.6 Å². The Kier molecular flexibility index (Phi) is 4.85. The minimum absolute atomic E-state index is 0.0530. The predicted octanol–water partition coefficient (Wildman–Crippen LogP) is 4.09. The van der Waals surface area contributed by atoms with Crippen LogP contribution in [0.25, 0.3) is 0 Å². The molecule has 2 aromatic rings. The summed E-state index contributed by atoms with van der Waals surface area (Å²) in [6.45, 7) is 1.96. The fraction of sp³-hybridized carbons (Fsp3) is 0.312. The van der Waals surface area contributed by atoms with Gasteiger partial charge >= 0.3 is 0 Å². The lowest BCUT2D eigenvalue weighted by atomic mass is 10.1. The van der Waals surface area contributed by atoms with Crippen molar-refractivity contribution in [1.82, 2.24) is 4.90 Å². The molecular weight excluding hydrogens is 274 g/mol. The molecule has 0 N–H and O–H groups in total. The number of furan rings is 1. The Labute approximate surface area is 124 Å². The van der Waals surface area contributed by atoms with Crippen molar-refractivity contribution < 1.29 is 9.21 Å². The first-order valence-corrected chi connectivity index (χ1v) is 6.99. The summed E-state index contributed by atoms with van der Waals surface area (Å²) in [5.74, 6) is 0.899. The van der Waals surface area contributed by atoms with Crippen molar-refractivity contribution in [1.29, 1.82) is 0 Å². The van der Waals surface area contributed by atoms with E-state index in [1.807, 2.05) is 43.3 Å². The maximum Gasteiger partial charge on any atom is 0.223 e. The molecule has 0 saturated carbocycles. The van der Waals surface area contributed by atoms with Gasteiger partial charge in [-0.2, -0.15) is 0 Å². The second-order valence-electron chi connectivity index (χ2n) is 4.82. The molecule has 4 heteroatoms. The molecule has 0 spiro atoms. The third kappa shape index (κ3) is 3.64. The Hall–Kier alpha value is -1.74. The summed E-state index contributed by atoms with van der Waals surface area (Å²) >= 11 is 5.84. The van der Waals surface area contributed by atoms with Gasteiger partial charge in [-0.15, -0.1) is 0 Å². The summed E-state index contributed by atoms with van der Waals surface area (Å²) in [7, 11) is 1.80. The number of benzene rings is 1. The maximum atomic E-state index is 12.2. The number of halogens is 1. The first kappa shape index (κ1) is 14.7. The molecule has 106 valence electrons. The molecule has 0 fully saturated rings. The highest BCUT2D eigenvalue weighted by Gasteiger charge is 2.18. The molecule has 0 saturated heterocycles. The number of aryl methyl sites for hydroxylation is 1. The van der Waals surface area contributed by atoms with Gasteiger partial charge in [0.2, 0.25) is 5.91 Å². The zero-order valence-corrected chi connectivity index (χ0v) is 12.4. The smallest absolute Gasteiger partial charge is 0.223 e. The van der Waals surface area contributed by atoms with E-state index in [1.54, 1.807) is 18.2 Å². The molecule has 1 aromatic heterocycles. The van der Waals surface area contributed by atoms with Gasteiger partial charge in [-0.1, -0.05) is 23.7 Å². The summed E-state index contributed by atoms with van der Waals surface area (Å²) in [5.41, 5.74) is 1.11. The summed E-state index contributed by atoms with van der Waals surface area (Å²) in [5, 5.41) is 0.712. The minimum atomic E-state index is -0.0530. The highest BCUT2D eigenvalue weighted by Crippen LogP contribution is 2.20. The minimum Gasteiger partial charge on any atom is -0.467 e. The Morgan fingerprint density at radius 1 is 1.30 bits per heavy atom. The van der Waals surface area contributed by atoms with Crippen LogP contribution in [0.3, 0.4) is 0 Å². The van der Waals surface area contributed by atoms with Crippen LogP contribution in [0.2, 0.25) is 5.02 Å². The van der Waals surface area contributed by atoms with E-state index in [0.717, 1.165) is 11.3 Å². The van der Waals surface area contributed by atoms with E-state index in [-0.39, 0.29) is 11.9 Å². The van der Waals surface area contributed by atoms with Crippen LogP contribution in [-0.4, -0.2) is 17.9 Å². The van der Waals surface area contributed by atoms with Crippen molar-refractivity contribution >= 4 is 17.5 Å². The Morgan fingerprint density at radius 3 is 2.60 bits per heavy atom. The Morgan fingerprint density at radius 2 is 2.00 bits per heavy atom. The molecule has 20 heavy (non-hydrogen) atoms. The lowest BCUT2D eigenvalue weighted by Gasteiger charge is -2.23. The largest absolute Gasteiger partial charge is 0.467 e. The van der Waals surface area contributed by atoms with Crippen LogP contribution in [-0.2, 0) is 11.2 Å². The number of hydrogen-bond acceptors (Lipinski definition) is 2. The van der Waals surface area contributed by atoms with Crippen LogP contribution in [0.15, 0.2) is 47.1 Å². The van der Waals surface area contributed by atoms with Crippen LogP contribution in [0, 0.1) is 0 Å². The van der Waals surface area contributed by atoms with Gasteiger partial charge in [0.1, 0.15) is 5.76 Å². The number of carbonyl (C=O) groups is 1. The second-order valence-corrected chi connectivity index (χ2v) is 5.26. The van der Waals surface area contributed by atoms with E-state index in [0.29, 0.717) is 17.9 Å². The normalized spacial score (nSPS) is 12.2. The average molecular weight is 292 g/mol. The van der Waals surface area contributed by atoms with E-state index < -0.39 is 0 Å². The molecule has 0 aliphatic carbocycles. The summed E-state index contributed by atoms with van der Waals surface area (Å²) in [6.07, 6.45) is 2.81. The zero-order chi connectivity index (χ0) is 14.5. The summed E-state index contributed by atoms with van der Waals surface area (Å²) in [4.78, 5) is 13.9. The van der Waals surface area contributed by atoms with Gasteiger partial charge in [-0.25, -0.2) is 0 Å². The number of carbonyl (C=O) groups excluding carboxylic acids is 1. The fourth-order valence-electron chi connectivity index (χ4n) is 2.01.